The molecule has 3 amide bonds. The zero-order chi connectivity index (χ0) is 45.1. The number of fused-ring (bicyclic) bond motifs is 1. The molecule has 328 valence electrons. The molecule has 2 aromatic carbocycles. The Kier molecular flexibility index (Phi) is 13.1. The second-order valence-corrected chi connectivity index (χ2v) is 17.4. The van der Waals surface area contributed by atoms with Gasteiger partial charge >= 0.3 is 18.4 Å². The highest BCUT2D eigenvalue weighted by atomic mass is 19.4. The van der Waals surface area contributed by atoms with Crippen LogP contribution in [0.15, 0.2) is 30.3 Å². The topological polar surface area (TPSA) is 155 Å². The summed E-state index contributed by atoms with van der Waals surface area (Å²) in [6.07, 6.45) is -1.39. The first-order chi connectivity index (χ1) is 29.1. The number of carbonyl (C=O) groups excluding carboxylic acids is 2. The van der Waals surface area contributed by atoms with E-state index in [0.29, 0.717) is 80.2 Å². The summed E-state index contributed by atoms with van der Waals surface area (Å²) < 4.78 is 76.1. The van der Waals surface area contributed by atoms with Gasteiger partial charge in [-0.3, -0.25) is 10.1 Å². The lowest BCUT2D eigenvalue weighted by Crippen LogP contribution is -2.43. The Bertz CT molecular complexity index is 2100. The summed E-state index contributed by atoms with van der Waals surface area (Å²) in [5.74, 6) is 1.38. The second kappa shape index (κ2) is 18.8. The molecule has 0 bridgehead atoms. The van der Waals surface area contributed by atoms with Crippen molar-refractivity contribution >= 4 is 40.5 Å². The minimum atomic E-state index is -4.67. The van der Waals surface area contributed by atoms with Crippen LogP contribution in [0.25, 0.3) is 10.9 Å². The van der Waals surface area contributed by atoms with E-state index in [-0.39, 0.29) is 47.4 Å². The van der Waals surface area contributed by atoms with Crippen LogP contribution in [0.3, 0.4) is 0 Å². The number of nitrogens with one attached hydrogen (secondary N) is 2. The molecule has 0 unspecified atom stereocenters. The number of benzene rings is 2. The van der Waals surface area contributed by atoms with Gasteiger partial charge in [-0.25, -0.2) is 19.6 Å². The first-order valence-electron chi connectivity index (χ1n) is 21.9. The van der Waals surface area contributed by atoms with Crippen molar-refractivity contribution in [2.75, 3.05) is 57.1 Å². The highest BCUT2D eigenvalue weighted by Crippen LogP contribution is 2.43. The number of carbonyl (C=O) groups is 3. The van der Waals surface area contributed by atoms with Gasteiger partial charge in [0.1, 0.15) is 23.0 Å². The van der Waals surface area contributed by atoms with Crippen molar-refractivity contribution < 1.29 is 49.6 Å². The number of likely N-dealkylation sites (tertiary alicyclic amines) is 2. The minimum absolute atomic E-state index is 0.0627. The number of aryl methyl sites for hydroxylation is 1. The van der Waals surface area contributed by atoms with Crippen molar-refractivity contribution in [2.24, 2.45) is 17.8 Å². The van der Waals surface area contributed by atoms with E-state index in [1.165, 1.54) is 11.0 Å². The van der Waals surface area contributed by atoms with Crippen LogP contribution in [0, 0.1) is 24.7 Å². The lowest BCUT2D eigenvalue weighted by atomic mass is 9.77. The number of methoxy groups -OCH3 is 1. The Morgan fingerprint density at radius 1 is 0.917 bits per heavy atom. The van der Waals surface area contributed by atoms with Crippen LogP contribution < -0.4 is 15.4 Å². The largest absolute Gasteiger partial charge is 0.496 e. The highest BCUT2D eigenvalue weighted by Gasteiger charge is 2.35. The Balaban J connectivity index is 1.09. The maximum atomic E-state index is 14.1. The van der Waals surface area contributed by atoms with Crippen molar-refractivity contribution in [2.45, 2.75) is 110 Å². The van der Waals surface area contributed by atoms with Gasteiger partial charge < -0.3 is 34.4 Å². The van der Waals surface area contributed by atoms with Gasteiger partial charge in [-0.1, -0.05) is 0 Å². The monoisotopic (exact) mass is 842 g/mol. The zero-order valence-electron chi connectivity index (χ0n) is 37.3. The van der Waals surface area contributed by atoms with Gasteiger partial charge in [-0.05, 0) is 139 Å². The molecule has 1 saturated carbocycles. The fourth-order valence-corrected chi connectivity index (χ4v) is 8.44. The van der Waals surface area contributed by atoms with Crippen LogP contribution in [0.1, 0.15) is 116 Å². The van der Waals surface area contributed by atoms with Crippen molar-refractivity contribution in [3.63, 3.8) is 0 Å². The Labute approximate surface area is 352 Å². The number of anilines is 2. The maximum Gasteiger partial charge on any atom is 0.416 e. The van der Waals surface area contributed by atoms with Crippen molar-refractivity contribution in [1.82, 2.24) is 19.8 Å². The van der Waals surface area contributed by atoms with Crippen LogP contribution in [0.4, 0.5) is 34.3 Å². The van der Waals surface area contributed by atoms with E-state index in [0.717, 1.165) is 43.4 Å². The van der Waals surface area contributed by atoms with Gasteiger partial charge in [0.25, 0.3) is 0 Å². The second-order valence-electron chi connectivity index (χ2n) is 17.4. The number of alkyl halides is 3. The summed E-state index contributed by atoms with van der Waals surface area (Å²) in [5, 5.41) is 15.6. The van der Waals surface area contributed by atoms with E-state index in [2.05, 4.69) is 20.6 Å². The molecule has 1 atom stereocenters. The molecule has 1 aliphatic carbocycles. The molecule has 13 nitrogen and oxygen atoms in total. The first-order valence-corrected chi connectivity index (χ1v) is 20.9. The van der Waals surface area contributed by atoms with Gasteiger partial charge in [0.05, 0.1) is 27.0 Å². The third-order valence-corrected chi connectivity index (χ3v) is 11.7. The number of nitrogens with zero attached hydrogens (tertiary/aromatic N) is 4. The Morgan fingerprint density at radius 2 is 1.57 bits per heavy atom. The number of ether oxygens (including phenoxy) is 3. The number of hydrogen-bond acceptors (Lipinski definition) is 9. The standard InChI is InChI=1S/C44H59F3N6O7/c1-26(32-19-33(44(45,46)47)21-34(20-32)51-41(55)60-43(3,4)5)48-39-36-22-35(38(58-6)23-37(36)49-27(2)50-39)30-7-9-31(10-8-30)40(54)52-15-11-28(12-16-52)24-59-25-29-13-17-53(18-14-29)42(56)57/h19-23,26,28-31H,7-18,24-25H2,1-6H3,(H,51,55)(H,56,57)(H,48,49,50)/t26-,30?,31?/m1/s1/i25D2. The smallest absolute Gasteiger partial charge is 0.416 e. The summed E-state index contributed by atoms with van der Waals surface area (Å²) >= 11 is 0. The third-order valence-electron chi connectivity index (χ3n) is 11.7. The molecule has 6 rings (SSSR count). The molecule has 1 aromatic heterocycles. The number of aromatic nitrogens is 2. The van der Waals surface area contributed by atoms with Crippen molar-refractivity contribution in [1.29, 1.82) is 0 Å². The van der Waals surface area contributed by atoms with Crippen LogP contribution >= 0.6 is 0 Å². The molecule has 16 heteroatoms. The maximum absolute atomic E-state index is 14.1. The van der Waals surface area contributed by atoms with Crippen molar-refractivity contribution in [3.05, 3.63) is 52.8 Å². The number of piperidine rings is 2. The predicted molar refractivity (Wildman–Crippen MR) is 221 cm³/mol. The Hall–Kier alpha value is -4.86. The predicted octanol–water partition coefficient (Wildman–Crippen LogP) is 9.40. The van der Waals surface area contributed by atoms with Gasteiger partial charge in [-0.15, -0.1) is 0 Å². The lowest BCUT2D eigenvalue weighted by Gasteiger charge is -2.36. The normalized spacial score (nSPS) is 20.9. The van der Waals surface area contributed by atoms with Crippen LogP contribution in [0.5, 0.6) is 5.75 Å². The number of carboxylic acid groups (broad SMARTS) is 1. The SMILES string of the molecule is [2H]C([2H])(OCC1CCN(C(=O)C2CCC(c3cc4c(N[C@H](C)c5cc(NC(=O)OC(C)(C)C)cc(C(F)(F)F)c5)nc(C)nc4cc3OC)CC2)CC1)C1CCN(C(=O)O)CC1. The van der Waals surface area contributed by atoms with E-state index in [1.54, 1.807) is 41.7 Å². The molecule has 3 N–H and O–H groups in total. The number of rotatable bonds is 11. The van der Waals surface area contributed by atoms with Gasteiger partial charge in [-0.2, -0.15) is 13.2 Å². The first kappa shape index (κ1) is 41.9. The van der Waals surface area contributed by atoms with E-state index in [4.69, 9.17) is 17.0 Å². The minimum Gasteiger partial charge on any atom is -0.496 e. The van der Waals surface area contributed by atoms with E-state index in [1.807, 2.05) is 17.0 Å². The average molecular weight is 843 g/mol. The molecular weight excluding hydrogens is 782 g/mol. The summed E-state index contributed by atoms with van der Waals surface area (Å²) in [7, 11) is 1.60. The molecule has 0 radical (unpaired) electrons. The van der Waals surface area contributed by atoms with Crippen LogP contribution in [-0.4, -0.2) is 95.0 Å². The molecule has 3 fully saturated rings. The number of halogens is 3. The van der Waals surface area contributed by atoms with Gasteiger partial charge in [0, 0.05) is 62.4 Å². The summed E-state index contributed by atoms with van der Waals surface area (Å²) in [6.45, 7) is 8.60. The molecule has 3 aliphatic rings. The van der Waals surface area contributed by atoms with E-state index >= 15 is 0 Å². The van der Waals surface area contributed by atoms with Gasteiger partial charge in [0.15, 0.2) is 0 Å². The van der Waals surface area contributed by atoms with E-state index in [9.17, 15) is 32.7 Å². The average Bonchev–Trinajstić information content (AvgIpc) is 3.21. The van der Waals surface area contributed by atoms with Crippen LogP contribution in [-0.2, 0) is 20.4 Å². The fraction of sp³-hybridized carbons (Fsp3) is 0.614. The molecule has 3 aromatic rings. The third kappa shape index (κ3) is 11.5. The van der Waals surface area contributed by atoms with Crippen molar-refractivity contribution in [3.8, 4) is 5.75 Å². The molecule has 2 aliphatic heterocycles. The Morgan fingerprint density at radius 3 is 2.18 bits per heavy atom. The fourth-order valence-electron chi connectivity index (χ4n) is 8.44. The quantitative estimate of drug-likeness (QED) is 0.170. The van der Waals surface area contributed by atoms with Gasteiger partial charge in [0.2, 0.25) is 5.91 Å². The number of amides is 3. The molecule has 0 spiro atoms. The number of hydrogen-bond donors (Lipinski definition) is 3. The molecular formula is C44H59F3N6O7. The highest BCUT2D eigenvalue weighted by molar-refractivity contribution is 5.91. The summed E-state index contributed by atoms with van der Waals surface area (Å²) in [6, 6.07) is 6.52. The molecule has 3 heterocycles. The lowest BCUT2D eigenvalue weighted by molar-refractivity contribution is -0.138. The van der Waals surface area contributed by atoms with Crippen LogP contribution in [0.2, 0.25) is 0 Å². The summed E-state index contributed by atoms with van der Waals surface area (Å²) in [4.78, 5) is 50.0. The zero-order valence-corrected chi connectivity index (χ0v) is 35.3. The molecule has 2 saturated heterocycles. The van der Waals surface area contributed by atoms with E-state index < -0.39 is 42.1 Å². The molecule has 60 heavy (non-hydrogen) atoms. The summed E-state index contributed by atoms with van der Waals surface area (Å²) in [5.41, 5.74) is -0.0422.